The number of ether oxygens (including phenoxy) is 2. The molecule has 0 saturated carbocycles. The van der Waals surface area contributed by atoms with Crippen molar-refractivity contribution in [1.29, 1.82) is 0 Å². The fraction of sp³-hybridized carbons (Fsp3) is 0.412. The Morgan fingerprint density at radius 3 is 2.44 bits per heavy atom. The molecule has 0 radical (unpaired) electrons. The molecule has 216 valence electrons. The number of hydrogen-bond acceptors (Lipinski definition) is 12. The Kier molecular flexibility index (Phi) is 9.60. The van der Waals surface area contributed by atoms with Crippen LogP contribution in [0.2, 0.25) is 0 Å². The second-order valence-corrected chi connectivity index (χ2v) is 12.4. The van der Waals surface area contributed by atoms with E-state index in [1.165, 1.54) is 37.4 Å². The van der Waals surface area contributed by atoms with Crippen molar-refractivity contribution >= 4 is 29.2 Å². The first-order chi connectivity index (χ1) is 18.0. The molecular formula is C17H22N3O16P3. The topological polar surface area (TPSA) is 276 Å². The van der Waals surface area contributed by atoms with Crippen LogP contribution in [0, 0.1) is 17.0 Å². The number of para-hydroxylation sites is 1. The van der Waals surface area contributed by atoms with E-state index < -0.39 is 64.7 Å². The van der Waals surface area contributed by atoms with Crippen LogP contribution in [0.15, 0.2) is 40.1 Å². The van der Waals surface area contributed by atoms with Crippen molar-refractivity contribution in [2.45, 2.75) is 38.4 Å². The third-order valence-electron chi connectivity index (χ3n) is 5.10. The number of benzene rings is 1. The largest absolute Gasteiger partial charge is 0.490 e. The zero-order valence-electron chi connectivity index (χ0n) is 19.7. The lowest BCUT2D eigenvalue weighted by molar-refractivity contribution is -0.386. The molecule has 5 atom stereocenters. The lowest BCUT2D eigenvalue weighted by Crippen LogP contribution is -2.33. The average molecular weight is 617 g/mol. The van der Waals surface area contributed by atoms with Gasteiger partial charge >= 0.3 is 29.2 Å². The Hall–Kier alpha value is -2.37. The highest BCUT2D eigenvalue weighted by molar-refractivity contribution is 7.66. The average Bonchev–Trinajstić information content (AvgIpc) is 3.19. The first-order valence-electron chi connectivity index (χ1n) is 10.6. The van der Waals surface area contributed by atoms with Gasteiger partial charge in [-0.3, -0.25) is 29.0 Å². The van der Waals surface area contributed by atoms with Gasteiger partial charge in [-0.2, -0.15) is 8.62 Å². The number of hydrogen-bond donors (Lipinski definition) is 5. The number of nitro groups is 1. The molecular weight excluding hydrogens is 595 g/mol. The lowest BCUT2D eigenvalue weighted by Gasteiger charge is -2.21. The van der Waals surface area contributed by atoms with Gasteiger partial charge in [0.05, 0.1) is 29.8 Å². The van der Waals surface area contributed by atoms with E-state index in [0.717, 1.165) is 4.57 Å². The zero-order chi connectivity index (χ0) is 29.2. The molecule has 19 nitrogen and oxygen atoms in total. The molecule has 0 bridgehead atoms. The molecule has 1 fully saturated rings. The molecule has 22 heteroatoms. The highest BCUT2D eigenvalue weighted by Gasteiger charge is 2.43. The van der Waals surface area contributed by atoms with E-state index in [4.69, 9.17) is 19.3 Å². The smallest absolute Gasteiger partial charge is 0.370 e. The van der Waals surface area contributed by atoms with Crippen LogP contribution < -0.4 is 11.2 Å². The van der Waals surface area contributed by atoms with Crippen molar-refractivity contribution in [3.05, 3.63) is 72.5 Å². The molecule has 3 rings (SSSR count). The number of rotatable bonds is 12. The zero-order valence-corrected chi connectivity index (χ0v) is 22.3. The third kappa shape index (κ3) is 8.81. The molecule has 1 aliphatic heterocycles. The monoisotopic (exact) mass is 617 g/mol. The molecule has 1 aromatic heterocycles. The van der Waals surface area contributed by atoms with Crippen LogP contribution in [-0.4, -0.2) is 52.9 Å². The number of phosphoric acid groups is 3. The quantitative estimate of drug-likeness (QED) is 0.126. The number of aromatic amines is 1. The maximum absolute atomic E-state index is 12.3. The van der Waals surface area contributed by atoms with E-state index in [1.54, 1.807) is 0 Å². The van der Waals surface area contributed by atoms with Crippen molar-refractivity contribution in [2.75, 3.05) is 6.61 Å². The normalized spacial score (nSPS) is 22.7. The van der Waals surface area contributed by atoms with Gasteiger partial charge in [-0.25, -0.2) is 18.5 Å². The summed E-state index contributed by atoms with van der Waals surface area (Å²) in [7, 11) is -16.9. The SMILES string of the molecule is Cc1cn([C@H]2CC(OCc3ccccc3[N+](=O)[O-])C(COP(=O)(O)OP(=O)(O)OP(=O)(O)O)O2)c(=O)[nH]c1=O. The molecule has 1 saturated heterocycles. The Morgan fingerprint density at radius 2 is 1.79 bits per heavy atom. The lowest BCUT2D eigenvalue weighted by atomic mass is 10.1. The number of aromatic nitrogens is 2. The van der Waals surface area contributed by atoms with Crippen molar-refractivity contribution in [2.24, 2.45) is 0 Å². The Morgan fingerprint density at radius 1 is 1.13 bits per heavy atom. The number of H-pyrrole nitrogens is 1. The number of nitro benzene ring substituents is 1. The van der Waals surface area contributed by atoms with Crippen molar-refractivity contribution in [3.63, 3.8) is 0 Å². The molecule has 5 N–H and O–H groups in total. The summed E-state index contributed by atoms with van der Waals surface area (Å²) in [5.74, 6) is 0. The third-order valence-corrected chi connectivity index (χ3v) is 8.90. The minimum Gasteiger partial charge on any atom is -0.370 e. The Balaban J connectivity index is 1.80. The first kappa shape index (κ1) is 31.2. The van der Waals surface area contributed by atoms with Gasteiger partial charge in [-0.05, 0) is 13.0 Å². The molecule has 2 aromatic rings. The number of nitrogens with zero attached hydrogens (tertiary/aromatic N) is 2. The number of nitrogens with one attached hydrogen (secondary N) is 1. The van der Waals surface area contributed by atoms with E-state index in [1.807, 2.05) is 0 Å². The molecule has 0 spiro atoms. The number of aryl methyl sites for hydroxylation is 1. The summed E-state index contributed by atoms with van der Waals surface area (Å²) >= 11 is 0. The predicted octanol–water partition coefficient (Wildman–Crippen LogP) is 0.969. The van der Waals surface area contributed by atoms with Crippen molar-refractivity contribution in [1.82, 2.24) is 9.55 Å². The molecule has 4 unspecified atom stereocenters. The second-order valence-electron chi connectivity index (χ2n) is 7.97. The van der Waals surface area contributed by atoms with Gasteiger partial charge in [0.25, 0.3) is 11.2 Å². The van der Waals surface area contributed by atoms with Crippen molar-refractivity contribution < 1.29 is 60.8 Å². The van der Waals surface area contributed by atoms with E-state index in [9.17, 15) is 43.2 Å². The standard InChI is InChI=1S/C17H22N3O16P3/c1-10-7-19(17(22)18-16(10)21)15-6-13(32-8-11-4-2-3-5-12(11)20(23)24)14(34-15)9-33-38(28,29)36-39(30,31)35-37(25,26)27/h2-5,7,13-15H,6,8-9H2,1H3,(H,28,29)(H,30,31)(H,18,21,22)(H2,25,26,27)/t13?,14?,15-/m1/s1. The fourth-order valence-corrected chi connectivity index (χ4v) is 6.51. The number of phosphoric ester groups is 1. The minimum atomic E-state index is -5.77. The Bertz CT molecular complexity index is 1480. The van der Waals surface area contributed by atoms with Gasteiger partial charge in [0.15, 0.2) is 0 Å². The van der Waals surface area contributed by atoms with E-state index in [-0.39, 0.29) is 29.8 Å². The first-order valence-corrected chi connectivity index (χ1v) is 15.1. The minimum absolute atomic E-state index is 0.129. The summed E-state index contributed by atoms with van der Waals surface area (Å²) < 4.78 is 58.9. The molecule has 0 aliphatic carbocycles. The maximum Gasteiger partial charge on any atom is 0.490 e. The van der Waals surface area contributed by atoms with Crippen LogP contribution in [0.5, 0.6) is 0 Å². The predicted molar refractivity (Wildman–Crippen MR) is 126 cm³/mol. The van der Waals surface area contributed by atoms with Crippen LogP contribution in [0.1, 0.15) is 23.8 Å². The molecule has 1 aliphatic rings. The van der Waals surface area contributed by atoms with E-state index in [2.05, 4.69) is 18.1 Å². The highest BCUT2D eigenvalue weighted by atomic mass is 31.3. The maximum atomic E-state index is 12.3. The Labute approximate surface area is 217 Å². The van der Waals surface area contributed by atoms with Crippen LogP contribution in [0.4, 0.5) is 5.69 Å². The molecule has 1 aromatic carbocycles. The molecule has 2 heterocycles. The van der Waals surface area contributed by atoms with Gasteiger partial charge in [0, 0.05) is 24.2 Å². The van der Waals surface area contributed by atoms with Crippen LogP contribution in [0.3, 0.4) is 0 Å². The van der Waals surface area contributed by atoms with E-state index >= 15 is 0 Å². The fourth-order valence-electron chi connectivity index (χ4n) is 3.48. The summed E-state index contributed by atoms with van der Waals surface area (Å²) in [6, 6.07) is 5.62. The van der Waals surface area contributed by atoms with Gasteiger partial charge < -0.3 is 29.0 Å². The van der Waals surface area contributed by atoms with Gasteiger partial charge in [0.1, 0.15) is 12.3 Å². The summed E-state index contributed by atoms with van der Waals surface area (Å²) in [5, 5.41) is 11.3. The molecule has 39 heavy (non-hydrogen) atoms. The summed E-state index contributed by atoms with van der Waals surface area (Å²) in [6.45, 7) is 0.168. The van der Waals surface area contributed by atoms with Gasteiger partial charge in [-0.15, -0.1) is 0 Å². The highest BCUT2D eigenvalue weighted by Crippen LogP contribution is 2.66. The molecule has 0 amide bonds. The van der Waals surface area contributed by atoms with Gasteiger partial charge in [0.2, 0.25) is 0 Å². The van der Waals surface area contributed by atoms with Crippen molar-refractivity contribution in [3.8, 4) is 0 Å². The summed E-state index contributed by atoms with van der Waals surface area (Å²) in [4.78, 5) is 73.1. The van der Waals surface area contributed by atoms with Crippen LogP contribution >= 0.6 is 23.5 Å². The summed E-state index contributed by atoms with van der Waals surface area (Å²) in [6.07, 6.45) is -2.44. The summed E-state index contributed by atoms with van der Waals surface area (Å²) in [5.41, 5.74) is -1.46. The van der Waals surface area contributed by atoms with E-state index in [0.29, 0.717) is 0 Å². The van der Waals surface area contributed by atoms with Gasteiger partial charge in [-0.1, -0.05) is 12.1 Å². The second kappa shape index (κ2) is 12.0. The van der Waals surface area contributed by atoms with Crippen LogP contribution in [0.25, 0.3) is 0 Å². The van der Waals surface area contributed by atoms with Crippen LogP contribution in [-0.2, 0) is 42.9 Å².